The molecule has 4 atom stereocenters. The van der Waals surface area contributed by atoms with Gasteiger partial charge in [0.25, 0.3) is 11.8 Å². The number of aromatic amines is 1. The van der Waals surface area contributed by atoms with Crippen molar-refractivity contribution >= 4 is 22.8 Å². The molecule has 2 aliphatic rings. The molecule has 0 bridgehead atoms. The predicted octanol–water partition coefficient (Wildman–Crippen LogP) is 4.68. The van der Waals surface area contributed by atoms with Gasteiger partial charge in [-0.1, -0.05) is 11.3 Å². The zero-order valence-electron chi connectivity index (χ0n) is 22.4. The summed E-state index contributed by atoms with van der Waals surface area (Å²) in [6.45, 7) is 0.636. The number of aromatic nitrogens is 5. The molecule has 0 saturated heterocycles. The lowest BCUT2D eigenvalue weighted by atomic mass is 9.81. The summed E-state index contributed by atoms with van der Waals surface area (Å²) in [7, 11) is 0. The van der Waals surface area contributed by atoms with Gasteiger partial charge < -0.3 is 15.6 Å². The molecular weight excluding hydrogens is 549 g/mol. The fourth-order valence-electron chi connectivity index (χ4n) is 5.16. The van der Waals surface area contributed by atoms with Crippen LogP contribution < -0.4 is 10.6 Å². The van der Waals surface area contributed by atoms with Crippen molar-refractivity contribution in [3.8, 4) is 0 Å². The van der Waals surface area contributed by atoms with E-state index in [0.717, 1.165) is 12.8 Å². The number of H-pyrrole nitrogens is 1. The number of nitrogens with zero attached hydrogens (tertiary/aromatic N) is 4. The number of rotatable bonds is 11. The van der Waals surface area contributed by atoms with Crippen LogP contribution in [0.4, 0.5) is 22.0 Å². The smallest absolute Gasteiger partial charge is 0.274 e. The number of hydrogen-bond acceptors (Lipinski definition) is 5. The number of amides is 2. The van der Waals surface area contributed by atoms with E-state index >= 15 is 0 Å². The quantitative estimate of drug-likeness (QED) is 0.284. The van der Waals surface area contributed by atoms with Crippen molar-refractivity contribution < 1.29 is 31.5 Å². The minimum Gasteiger partial charge on any atom is -0.347 e. The summed E-state index contributed by atoms with van der Waals surface area (Å²) in [6.07, 6.45) is -1.64. The van der Waals surface area contributed by atoms with Gasteiger partial charge in [-0.25, -0.2) is 26.9 Å². The predicted molar refractivity (Wildman–Crippen MR) is 138 cm³/mol. The molecule has 2 unspecified atom stereocenters. The average Bonchev–Trinajstić information content (AvgIpc) is 3.46. The van der Waals surface area contributed by atoms with Gasteiger partial charge in [-0.05, 0) is 62.1 Å². The topological polar surface area (TPSA) is 118 Å². The Hall–Kier alpha value is -3.58. The molecule has 222 valence electrons. The standard InChI is InChI=1S/C27H32F5N7O2/c1-14(33-26(41)22(30)18(29)11-28)17-4-5-19-20(10-17)35-24(34-19)23(16-6-8-27(31,32)9-7-16)36-25(40)21-13-39(38-37-21)12-15-2-3-15/h4-5,10,13-16,18,22-23H,2-3,6-9,11-12H2,1H3,(H,33,41)(H,34,35)(H,36,40)/t14-,18?,22?,23+/m1/s1. The van der Waals surface area contributed by atoms with E-state index in [9.17, 15) is 31.5 Å². The van der Waals surface area contributed by atoms with E-state index in [2.05, 4.69) is 30.9 Å². The summed E-state index contributed by atoms with van der Waals surface area (Å²) in [5, 5.41) is 13.3. The molecule has 0 radical (unpaired) electrons. The highest BCUT2D eigenvalue weighted by Gasteiger charge is 2.40. The van der Waals surface area contributed by atoms with Crippen molar-refractivity contribution in [1.82, 2.24) is 35.6 Å². The van der Waals surface area contributed by atoms with E-state index in [1.165, 1.54) is 0 Å². The Kier molecular flexibility index (Phi) is 8.28. The second-order valence-corrected chi connectivity index (χ2v) is 11.1. The molecule has 2 saturated carbocycles. The maximum Gasteiger partial charge on any atom is 0.274 e. The van der Waals surface area contributed by atoms with Crippen LogP contribution in [0.15, 0.2) is 24.4 Å². The summed E-state index contributed by atoms with van der Waals surface area (Å²) < 4.78 is 69.0. The molecule has 1 aromatic carbocycles. The Morgan fingerprint density at radius 1 is 1.15 bits per heavy atom. The number of carbonyl (C=O) groups is 2. The third-order valence-corrected chi connectivity index (χ3v) is 7.83. The van der Waals surface area contributed by atoms with Gasteiger partial charge in [-0.2, -0.15) is 0 Å². The zero-order valence-corrected chi connectivity index (χ0v) is 22.4. The van der Waals surface area contributed by atoms with E-state index in [1.807, 2.05) is 0 Å². The minimum atomic E-state index is -2.76. The second kappa shape index (κ2) is 11.7. The molecule has 2 heterocycles. The van der Waals surface area contributed by atoms with Crippen molar-refractivity contribution in [3.63, 3.8) is 0 Å². The second-order valence-electron chi connectivity index (χ2n) is 11.1. The Bertz CT molecular complexity index is 1380. The van der Waals surface area contributed by atoms with Crippen molar-refractivity contribution in [2.75, 3.05) is 6.67 Å². The van der Waals surface area contributed by atoms with E-state index in [4.69, 9.17) is 0 Å². The number of halogens is 5. The summed E-state index contributed by atoms with van der Waals surface area (Å²) in [4.78, 5) is 32.9. The van der Waals surface area contributed by atoms with Crippen LogP contribution in [0.2, 0.25) is 0 Å². The van der Waals surface area contributed by atoms with Crippen LogP contribution in [0.3, 0.4) is 0 Å². The number of benzene rings is 1. The fraction of sp³-hybridized carbons (Fsp3) is 0.593. The summed E-state index contributed by atoms with van der Waals surface area (Å²) in [6, 6.07) is 3.49. The Balaban J connectivity index is 1.35. The van der Waals surface area contributed by atoms with Gasteiger partial charge in [0, 0.05) is 19.4 Å². The number of hydrogen-bond donors (Lipinski definition) is 3. The van der Waals surface area contributed by atoms with E-state index in [1.54, 1.807) is 36.0 Å². The Morgan fingerprint density at radius 2 is 1.88 bits per heavy atom. The maximum absolute atomic E-state index is 14.0. The first kappa shape index (κ1) is 28.9. The third-order valence-electron chi connectivity index (χ3n) is 7.83. The normalized spacial score (nSPS) is 20.3. The first-order valence-electron chi connectivity index (χ1n) is 13.8. The molecule has 2 aliphatic carbocycles. The van der Waals surface area contributed by atoms with Gasteiger partial charge in [0.05, 0.1) is 29.3 Å². The largest absolute Gasteiger partial charge is 0.347 e. The van der Waals surface area contributed by atoms with Crippen LogP contribution in [0.25, 0.3) is 11.0 Å². The molecule has 0 spiro atoms. The molecule has 2 amide bonds. The summed E-state index contributed by atoms with van der Waals surface area (Å²) in [5.41, 5.74) is 1.70. The molecular formula is C27H32F5N7O2. The average molecular weight is 582 g/mol. The van der Waals surface area contributed by atoms with Gasteiger partial charge >= 0.3 is 0 Å². The number of carbonyl (C=O) groups excluding carboxylic acids is 2. The molecule has 2 aromatic heterocycles. The summed E-state index contributed by atoms with van der Waals surface area (Å²) >= 11 is 0. The molecule has 3 N–H and O–H groups in total. The van der Waals surface area contributed by atoms with Crippen LogP contribution in [0.5, 0.6) is 0 Å². The third kappa shape index (κ3) is 6.84. The van der Waals surface area contributed by atoms with E-state index in [0.29, 0.717) is 34.9 Å². The SMILES string of the molecule is C[C@@H](NC(=O)C(F)C(F)CF)c1ccc2nc([C@@H](NC(=O)c3cn(CC4CC4)nn3)C3CCC(F)(F)CC3)[nH]c2c1. The first-order valence-corrected chi connectivity index (χ1v) is 13.8. The van der Waals surface area contributed by atoms with E-state index < -0.39 is 48.8 Å². The molecule has 3 aromatic rings. The first-order chi connectivity index (χ1) is 19.5. The van der Waals surface area contributed by atoms with Gasteiger partial charge in [-0.3, -0.25) is 14.3 Å². The molecule has 2 fully saturated rings. The molecule has 0 aliphatic heterocycles. The van der Waals surface area contributed by atoms with Crippen LogP contribution in [0, 0.1) is 11.8 Å². The fourth-order valence-corrected chi connectivity index (χ4v) is 5.16. The molecule has 9 nitrogen and oxygen atoms in total. The van der Waals surface area contributed by atoms with Gasteiger partial charge in [0.2, 0.25) is 12.1 Å². The van der Waals surface area contributed by atoms with E-state index in [-0.39, 0.29) is 37.3 Å². The van der Waals surface area contributed by atoms with Crippen LogP contribution in [-0.4, -0.2) is 61.7 Å². The van der Waals surface area contributed by atoms with Crippen molar-refractivity contribution in [3.05, 3.63) is 41.5 Å². The lowest BCUT2D eigenvalue weighted by molar-refractivity contribution is -0.129. The zero-order chi connectivity index (χ0) is 29.3. The van der Waals surface area contributed by atoms with Gasteiger partial charge in [-0.15, -0.1) is 5.10 Å². The minimum absolute atomic E-state index is 0.120. The van der Waals surface area contributed by atoms with Gasteiger partial charge in [0.15, 0.2) is 11.9 Å². The number of alkyl halides is 5. The Labute approximate surface area is 232 Å². The molecule has 5 rings (SSSR count). The molecule has 41 heavy (non-hydrogen) atoms. The lowest BCUT2D eigenvalue weighted by Gasteiger charge is -2.33. The number of fused-ring (bicyclic) bond motifs is 1. The number of imidazole rings is 1. The van der Waals surface area contributed by atoms with Crippen LogP contribution in [-0.2, 0) is 11.3 Å². The highest BCUT2D eigenvalue weighted by Crippen LogP contribution is 2.41. The highest BCUT2D eigenvalue weighted by atomic mass is 19.3. The van der Waals surface area contributed by atoms with Crippen LogP contribution in [0.1, 0.15) is 79.4 Å². The highest BCUT2D eigenvalue weighted by molar-refractivity contribution is 5.92. The molecule has 14 heteroatoms. The monoisotopic (exact) mass is 581 g/mol. The maximum atomic E-state index is 14.0. The van der Waals surface area contributed by atoms with Gasteiger partial charge in [0.1, 0.15) is 12.5 Å². The van der Waals surface area contributed by atoms with Crippen molar-refractivity contribution in [1.29, 1.82) is 0 Å². The van der Waals surface area contributed by atoms with Crippen molar-refractivity contribution in [2.45, 2.75) is 82.3 Å². The van der Waals surface area contributed by atoms with Crippen molar-refractivity contribution in [2.24, 2.45) is 11.8 Å². The Morgan fingerprint density at radius 3 is 2.56 bits per heavy atom. The lowest BCUT2D eigenvalue weighted by Crippen LogP contribution is -2.39. The number of nitrogens with one attached hydrogen (secondary N) is 3. The van der Waals surface area contributed by atoms with Crippen LogP contribution >= 0.6 is 0 Å². The summed E-state index contributed by atoms with van der Waals surface area (Å²) in [5.74, 6) is -3.93.